The molecular formula is C11H16N2S2. The van der Waals surface area contributed by atoms with Crippen molar-refractivity contribution < 1.29 is 0 Å². The van der Waals surface area contributed by atoms with Crippen LogP contribution < -0.4 is 11.3 Å². The lowest BCUT2D eigenvalue weighted by molar-refractivity contribution is 0.443. The van der Waals surface area contributed by atoms with Crippen molar-refractivity contribution in [3.63, 3.8) is 0 Å². The molecule has 0 aromatic carbocycles. The quantitative estimate of drug-likeness (QED) is 0.634. The van der Waals surface area contributed by atoms with Crippen molar-refractivity contribution in [1.29, 1.82) is 0 Å². The van der Waals surface area contributed by atoms with E-state index in [1.54, 1.807) is 11.3 Å². The lowest BCUT2D eigenvalue weighted by atomic mass is 10.0. The highest BCUT2D eigenvalue weighted by Crippen LogP contribution is 2.35. The minimum Gasteiger partial charge on any atom is -0.271 e. The molecule has 2 aromatic heterocycles. The van der Waals surface area contributed by atoms with Crippen molar-refractivity contribution in [3.05, 3.63) is 22.4 Å². The van der Waals surface area contributed by atoms with E-state index in [9.17, 15) is 0 Å². The summed E-state index contributed by atoms with van der Waals surface area (Å²) in [7, 11) is 0. The first-order valence-electron chi connectivity index (χ1n) is 5.13. The number of hydrazine groups is 1. The summed E-state index contributed by atoms with van der Waals surface area (Å²) in [6.45, 7) is 4.45. The van der Waals surface area contributed by atoms with Crippen LogP contribution in [0.1, 0.15) is 31.2 Å². The van der Waals surface area contributed by atoms with Gasteiger partial charge in [0.1, 0.15) is 0 Å². The van der Waals surface area contributed by atoms with Crippen molar-refractivity contribution in [2.75, 3.05) is 0 Å². The summed E-state index contributed by atoms with van der Waals surface area (Å²) in [6.07, 6.45) is 1.09. The first kappa shape index (κ1) is 11.1. The SMILES string of the molecule is CC(C)CC(NN)c1cc2sccc2s1. The minimum absolute atomic E-state index is 0.301. The Kier molecular flexibility index (Phi) is 3.41. The van der Waals surface area contributed by atoms with E-state index < -0.39 is 0 Å². The minimum atomic E-state index is 0.301. The number of nitrogens with two attached hydrogens (primary N) is 1. The maximum atomic E-state index is 5.60. The molecule has 2 nitrogen and oxygen atoms in total. The van der Waals surface area contributed by atoms with Crippen molar-refractivity contribution in [1.82, 2.24) is 5.43 Å². The van der Waals surface area contributed by atoms with E-state index in [0.29, 0.717) is 12.0 Å². The van der Waals surface area contributed by atoms with Crippen molar-refractivity contribution in [2.24, 2.45) is 11.8 Å². The van der Waals surface area contributed by atoms with E-state index in [0.717, 1.165) is 6.42 Å². The van der Waals surface area contributed by atoms with E-state index in [4.69, 9.17) is 5.84 Å². The first-order chi connectivity index (χ1) is 7.20. The van der Waals surface area contributed by atoms with Gasteiger partial charge in [-0.25, -0.2) is 0 Å². The molecule has 0 fully saturated rings. The maximum Gasteiger partial charge on any atom is 0.0556 e. The summed E-state index contributed by atoms with van der Waals surface area (Å²) in [5.41, 5.74) is 2.92. The van der Waals surface area contributed by atoms with E-state index in [-0.39, 0.29) is 0 Å². The summed E-state index contributed by atoms with van der Waals surface area (Å²) in [4.78, 5) is 1.35. The fraction of sp³-hybridized carbons (Fsp3) is 0.455. The van der Waals surface area contributed by atoms with Gasteiger partial charge in [0, 0.05) is 14.3 Å². The van der Waals surface area contributed by atoms with Crippen LogP contribution in [-0.2, 0) is 0 Å². The number of hydrogen-bond acceptors (Lipinski definition) is 4. The Bertz CT molecular complexity index is 402. The Hall–Kier alpha value is -0.420. The molecule has 1 atom stereocenters. The number of nitrogens with one attached hydrogen (secondary N) is 1. The molecule has 0 bridgehead atoms. The summed E-state index contributed by atoms with van der Waals surface area (Å²) in [5.74, 6) is 6.26. The van der Waals surface area contributed by atoms with Crippen LogP contribution in [0.3, 0.4) is 0 Å². The Morgan fingerprint density at radius 2 is 2.20 bits per heavy atom. The third-order valence-electron chi connectivity index (χ3n) is 2.41. The monoisotopic (exact) mass is 240 g/mol. The molecule has 0 amide bonds. The zero-order valence-corrected chi connectivity index (χ0v) is 10.6. The Morgan fingerprint density at radius 1 is 1.40 bits per heavy atom. The highest BCUT2D eigenvalue weighted by molar-refractivity contribution is 7.26. The van der Waals surface area contributed by atoms with Crippen molar-refractivity contribution in [3.8, 4) is 0 Å². The van der Waals surface area contributed by atoms with Crippen LogP contribution in [0, 0.1) is 5.92 Å². The molecule has 0 saturated heterocycles. The molecule has 15 heavy (non-hydrogen) atoms. The lowest BCUT2D eigenvalue weighted by Gasteiger charge is -2.16. The van der Waals surface area contributed by atoms with Gasteiger partial charge < -0.3 is 0 Å². The second kappa shape index (κ2) is 4.61. The number of fused-ring (bicyclic) bond motifs is 1. The Morgan fingerprint density at radius 3 is 2.80 bits per heavy atom. The largest absolute Gasteiger partial charge is 0.271 e. The van der Waals surface area contributed by atoms with Crippen molar-refractivity contribution >= 4 is 32.1 Å². The normalized spacial score (nSPS) is 13.9. The Balaban J connectivity index is 2.24. The van der Waals surface area contributed by atoms with Gasteiger partial charge in [-0.1, -0.05) is 13.8 Å². The lowest BCUT2D eigenvalue weighted by Crippen LogP contribution is -2.28. The van der Waals surface area contributed by atoms with E-state index >= 15 is 0 Å². The smallest absolute Gasteiger partial charge is 0.0556 e. The molecule has 0 aliphatic carbocycles. The van der Waals surface area contributed by atoms with Gasteiger partial charge in [-0.15, -0.1) is 22.7 Å². The molecule has 0 saturated carbocycles. The highest BCUT2D eigenvalue weighted by atomic mass is 32.1. The van der Waals surface area contributed by atoms with E-state index in [1.807, 2.05) is 11.3 Å². The summed E-state index contributed by atoms with van der Waals surface area (Å²) in [5, 5.41) is 2.14. The molecule has 0 aliphatic rings. The van der Waals surface area contributed by atoms with Gasteiger partial charge in [-0.2, -0.15) is 0 Å². The number of rotatable bonds is 4. The second-order valence-corrected chi connectivity index (χ2v) is 6.21. The van der Waals surface area contributed by atoms with Crippen LogP contribution in [0.4, 0.5) is 0 Å². The molecule has 2 aromatic rings. The highest BCUT2D eigenvalue weighted by Gasteiger charge is 2.14. The zero-order valence-electron chi connectivity index (χ0n) is 8.99. The molecule has 2 heterocycles. The molecule has 2 rings (SSSR count). The van der Waals surface area contributed by atoms with Gasteiger partial charge >= 0.3 is 0 Å². The average molecular weight is 240 g/mol. The van der Waals surface area contributed by atoms with Gasteiger partial charge in [0.15, 0.2) is 0 Å². The molecule has 0 aliphatic heterocycles. The zero-order chi connectivity index (χ0) is 10.8. The predicted octanol–water partition coefficient (Wildman–Crippen LogP) is 3.51. The van der Waals surface area contributed by atoms with Crippen LogP contribution in [0.15, 0.2) is 17.5 Å². The number of thiophene rings is 2. The summed E-state index contributed by atoms with van der Waals surface area (Å²) >= 11 is 3.64. The second-order valence-electron chi connectivity index (χ2n) is 4.15. The van der Waals surface area contributed by atoms with Crippen molar-refractivity contribution in [2.45, 2.75) is 26.3 Å². The molecule has 3 N–H and O–H groups in total. The van der Waals surface area contributed by atoms with Crippen LogP contribution in [0.2, 0.25) is 0 Å². The topological polar surface area (TPSA) is 38.0 Å². The third-order valence-corrected chi connectivity index (χ3v) is 4.62. The standard InChI is InChI=1S/C11H16N2S2/c1-7(2)5-8(13-12)10-6-11-9(15-10)3-4-14-11/h3-4,6-8,13H,5,12H2,1-2H3. The molecule has 0 spiro atoms. The molecule has 0 radical (unpaired) electrons. The van der Waals surface area contributed by atoms with Crippen LogP contribution in [0.25, 0.3) is 9.40 Å². The Labute approximate surface area is 98.1 Å². The van der Waals surface area contributed by atoms with Crippen LogP contribution >= 0.6 is 22.7 Å². The molecule has 1 unspecified atom stereocenters. The average Bonchev–Trinajstić information content (AvgIpc) is 2.72. The summed E-state index contributed by atoms with van der Waals surface area (Å²) in [6, 6.07) is 4.74. The van der Waals surface area contributed by atoms with Gasteiger partial charge in [0.05, 0.1) is 6.04 Å². The van der Waals surface area contributed by atoms with Gasteiger partial charge in [0.25, 0.3) is 0 Å². The fourth-order valence-electron chi connectivity index (χ4n) is 1.69. The van der Waals surface area contributed by atoms with E-state index in [2.05, 4.69) is 36.8 Å². The van der Waals surface area contributed by atoms with E-state index in [1.165, 1.54) is 14.3 Å². The van der Waals surface area contributed by atoms with Crippen LogP contribution in [-0.4, -0.2) is 0 Å². The molecule has 4 heteroatoms. The fourth-order valence-corrected chi connectivity index (χ4v) is 3.89. The summed E-state index contributed by atoms with van der Waals surface area (Å²) < 4.78 is 2.75. The first-order valence-corrected chi connectivity index (χ1v) is 6.83. The van der Waals surface area contributed by atoms with Gasteiger partial charge in [-0.3, -0.25) is 11.3 Å². The van der Waals surface area contributed by atoms with Crippen LogP contribution in [0.5, 0.6) is 0 Å². The third kappa shape index (κ3) is 2.39. The number of hydrogen-bond donors (Lipinski definition) is 2. The maximum absolute atomic E-state index is 5.60. The van der Waals surface area contributed by atoms with Gasteiger partial charge in [0.2, 0.25) is 0 Å². The molecular weight excluding hydrogens is 224 g/mol. The predicted molar refractivity (Wildman–Crippen MR) is 69.2 cm³/mol. The van der Waals surface area contributed by atoms with Gasteiger partial charge in [-0.05, 0) is 29.9 Å². The molecule has 82 valence electrons.